The van der Waals surface area contributed by atoms with Crippen LogP contribution >= 0.6 is 0 Å². The van der Waals surface area contributed by atoms with Crippen LogP contribution in [0.15, 0.2) is 78.9 Å². The Hall–Kier alpha value is -3.51. The second-order valence-electron chi connectivity index (χ2n) is 6.89. The molecule has 0 aliphatic rings. The van der Waals surface area contributed by atoms with E-state index in [9.17, 15) is 14.0 Å². The lowest BCUT2D eigenvalue weighted by Gasteiger charge is -2.23. The van der Waals surface area contributed by atoms with E-state index in [0.29, 0.717) is 42.9 Å². The van der Waals surface area contributed by atoms with E-state index in [4.69, 9.17) is 5.73 Å². The maximum Gasteiger partial charge on any atom is 0.255 e. The largest absolute Gasteiger partial charge is 0.334 e. The number of hydrogen-bond acceptors (Lipinski definition) is 3. The molecule has 0 aromatic heterocycles. The molecule has 0 atom stereocenters. The average Bonchev–Trinajstić information content (AvgIpc) is 2.78. The van der Waals surface area contributed by atoms with Crippen molar-refractivity contribution in [3.63, 3.8) is 0 Å². The highest BCUT2D eigenvalue weighted by molar-refractivity contribution is 6.04. The van der Waals surface area contributed by atoms with Gasteiger partial charge in [-0.25, -0.2) is 4.39 Å². The Kier molecular flexibility index (Phi) is 7.29. The Labute approximate surface area is 175 Å². The van der Waals surface area contributed by atoms with E-state index in [1.165, 1.54) is 24.3 Å². The van der Waals surface area contributed by atoms with Crippen molar-refractivity contribution in [1.29, 1.82) is 0 Å². The Morgan fingerprint density at radius 1 is 0.867 bits per heavy atom. The van der Waals surface area contributed by atoms with Crippen molar-refractivity contribution < 1.29 is 14.0 Å². The summed E-state index contributed by atoms with van der Waals surface area (Å²) in [6.45, 7) is 1.51. The van der Waals surface area contributed by atoms with Gasteiger partial charge < -0.3 is 16.0 Å². The molecule has 0 saturated heterocycles. The highest BCUT2D eigenvalue weighted by Gasteiger charge is 2.15. The number of amides is 2. The van der Waals surface area contributed by atoms with Gasteiger partial charge in [-0.1, -0.05) is 30.3 Å². The molecule has 0 unspecified atom stereocenters. The number of hydrogen-bond donors (Lipinski definition) is 2. The third-order valence-corrected chi connectivity index (χ3v) is 4.63. The molecule has 154 valence electrons. The summed E-state index contributed by atoms with van der Waals surface area (Å²) in [5, 5.41) is 2.78. The van der Waals surface area contributed by atoms with Crippen LogP contribution in [0.5, 0.6) is 0 Å². The number of nitrogens with two attached hydrogens (primary N) is 1. The summed E-state index contributed by atoms with van der Waals surface area (Å²) >= 11 is 0. The first-order valence-electron chi connectivity index (χ1n) is 9.77. The summed E-state index contributed by atoms with van der Waals surface area (Å²) in [6, 6.07) is 21.8. The zero-order valence-corrected chi connectivity index (χ0v) is 16.6. The number of benzene rings is 3. The summed E-state index contributed by atoms with van der Waals surface area (Å²) in [5.74, 6) is -0.746. The van der Waals surface area contributed by atoms with E-state index < -0.39 is 0 Å². The number of carbonyl (C=O) groups excluding carboxylic acids is 2. The molecule has 3 rings (SSSR count). The predicted octanol–water partition coefficient (Wildman–Crippen LogP) is 4.07. The van der Waals surface area contributed by atoms with Crippen LogP contribution in [0.25, 0.3) is 0 Å². The lowest BCUT2D eigenvalue weighted by molar-refractivity contribution is 0.0742. The number of rotatable bonds is 8. The molecule has 0 radical (unpaired) electrons. The minimum absolute atomic E-state index is 0.0438. The van der Waals surface area contributed by atoms with E-state index >= 15 is 0 Å². The van der Waals surface area contributed by atoms with Crippen LogP contribution < -0.4 is 11.1 Å². The topological polar surface area (TPSA) is 75.4 Å². The minimum atomic E-state index is -0.389. The molecule has 0 aliphatic heterocycles. The van der Waals surface area contributed by atoms with E-state index in [2.05, 4.69) is 5.32 Å². The monoisotopic (exact) mass is 405 g/mol. The first kappa shape index (κ1) is 21.2. The Morgan fingerprint density at radius 2 is 1.53 bits per heavy atom. The van der Waals surface area contributed by atoms with Crippen LogP contribution in [0.1, 0.15) is 32.7 Å². The summed E-state index contributed by atoms with van der Waals surface area (Å²) in [6.07, 6.45) is 0.713. The lowest BCUT2D eigenvalue weighted by Crippen LogP contribution is -2.32. The van der Waals surface area contributed by atoms with Gasteiger partial charge in [0.2, 0.25) is 0 Å². The van der Waals surface area contributed by atoms with Gasteiger partial charge in [-0.3, -0.25) is 9.59 Å². The molecule has 0 saturated carbocycles. The number of halogens is 1. The molecule has 3 aromatic rings. The molecule has 0 aliphatic carbocycles. The SMILES string of the molecule is NCCCN(Cc1ccc(NC(=O)c2ccc(F)cc2)cc1)C(=O)c1ccccc1. The molecule has 0 fully saturated rings. The molecular formula is C24H24FN3O2. The summed E-state index contributed by atoms with van der Waals surface area (Å²) in [5.41, 5.74) is 8.21. The van der Waals surface area contributed by atoms with Crippen molar-refractivity contribution in [3.05, 3.63) is 101 Å². The fourth-order valence-electron chi connectivity index (χ4n) is 3.02. The van der Waals surface area contributed by atoms with Crippen molar-refractivity contribution in [2.75, 3.05) is 18.4 Å². The second kappa shape index (κ2) is 10.3. The van der Waals surface area contributed by atoms with Crippen molar-refractivity contribution in [2.24, 2.45) is 5.73 Å². The molecule has 0 spiro atoms. The number of nitrogens with zero attached hydrogens (tertiary/aromatic N) is 1. The first-order chi connectivity index (χ1) is 14.6. The maximum absolute atomic E-state index is 13.0. The van der Waals surface area contributed by atoms with Crippen LogP contribution in [0.2, 0.25) is 0 Å². The standard InChI is InChI=1S/C24H24FN3O2/c25-21-11-9-19(10-12-21)23(29)27-22-13-7-18(8-14-22)17-28(16-4-15-26)24(30)20-5-2-1-3-6-20/h1-3,5-14H,4,15-17,26H2,(H,27,29). The van der Waals surface area contributed by atoms with Crippen LogP contribution in [-0.2, 0) is 6.54 Å². The van der Waals surface area contributed by atoms with E-state index in [0.717, 1.165) is 5.56 Å². The normalized spacial score (nSPS) is 10.5. The van der Waals surface area contributed by atoms with Gasteiger partial charge in [0.15, 0.2) is 0 Å². The van der Waals surface area contributed by atoms with Crippen molar-refractivity contribution in [3.8, 4) is 0 Å². The third-order valence-electron chi connectivity index (χ3n) is 4.63. The van der Waals surface area contributed by atoms with Crippen molar-refractivity contribution in [1.82, 2.24) is 4.90 Å². The maximum atomic E-state index is 13.0. The van der Waals surface area contributed by atoms with Crippen LogP contribution in [-0.4, -0.2) is 29.8 Å². The van der Waals surface area contributed by atoms with Gasteiger partial charge in [0, 0.05) is 29.9 Å². The predicted molar refractivity (Wildman–Crippen MR) is 116 cm³/mol. The van der Waals surface area contributed by atoms with E-state index in [1.54, 1.807) is 29.2 Å². The zero-order valence-electron chi connectivity index (χ0n) is 16.6. The Balaban J connectivity index is 1.66. The van der Waals surface area contributed by atoms with E-state index in [1.807, 2.05) is 30.3 Å². The molecular weight excluding hydrogens is 381 g/mol. The van der Waals surface area contributed by atoms with Gasteiger partial charge in [-0.05, 0) is 67.1 Å². The minimum Gasteiger partial charge on any atom is -0.334 e. The van der Waals surface area contributed by atoms with Crippen LogP contribution in [0, 0.1) is 5.82 Å². The number of carbonyl (C=O) groups is 2. The lowest BCUT2D eigenvalue weighted by atomic mass is 10.1. The molecule has 2 amide bonds. The van der Waals surface area contributed by atoms with Crippen LogP contribution in [0.4, 0.5) is 10.1 Å². The van der Waals surface area contributed by atoms with Crippen molar-refractivity contribution in [2.45, 2.75) is 13.0 Å². The molecule has 0 bridgehead atoms. The van der Waals surface area contributed by atoms with Gasteiger partial charge >= 0.3 is 0 Å². The first-order valence-corrected chi connectivity index (χ1v) is 9.77. The summed E-state index contributed by atoms with van der Waals surface area (Å²) < 4.78 is 13.0. The van der Waals surface area contributed by atoms with Gasteiger partial charge in [0.05, 0.1) is 0 Å². The molecule has 0 heterocycles. The number of nitrogens with one attached hydrogen (secondary N) is 1. The molecule has 5 nitrogen and oxygen atoms in total. The Bertz CT molecular complexity index is 974. The third kappa shape index (κ3) is 5.75. The van der Waals surface area contributed by atoms with Crippen molar-refractivity contribution >= 4 is 17.5 Å². The molecule has 6 heteroatoms. The summed E-state index contributed by atoms with van der Waals surface area (Å²) in [4.78, 5) is 26.9. The highest BCUT2D eigenvalue weighted by atomic mass is 19.1. The van der Waals surface area contributed by atoms with E-state index in [-0.39, 0.29) is 17.6 Å². The molecule has 30 heavy (non-hydrogen) atoms. The fourth-order valence-corrected chi connectivity index (χ4v) is 3.02. The van der Waals surface area contributed by atoms with Gasteiger partial charge in [-0.15, -0.1) is 0 Å². The summed E-state index contributed by atoms with van der Waals surface area (Å²) in [7, 11) is 0. The Morgan fingerprint density at radius 3 is 2.17 bits per heavy atom. The average molecular weight is 405 g/mol. The van der Waals surface area contributed by atoms with Gasteiger partial charge in [0.1, 0.15) is 5.82 Å². The van der Waals surface area contributed by atoms with Crippen LogP contribution in [0.3, 0.4) is 0 Å². The molecule has 3 N–H and O–H groups in total. The smallest absolute Gasteiger partial charge is 0.255 e. The zero-order chi connectivity index (χ0) is 21.3. The molecule has 3 aromatic carbocycles. The van der Waals surface area contributed by atoms with Gasteiger partial charge in [0.25, 0.3) is 11.8 Å². The quantitative estimate of drug-likeness (QED) is 0.593. The van der Waals surface area contributed by atoms with Gasteiger partial charge in [-0.2, -0.15) is 0 Å². The number of anilines is 1. The fraction of sp³-hybridized carbons (Fsp3) is 0.167. The highest BCUT2D eigenvalue weighted by Crippen LogP contribution is 2.15. The second-order valence-corrected chi connectivity index (χ2v) is 6.89.